The summed E-state index contributed by atoms with van der Waals surface area (Å²) in [5.41, 5.74) is 0. The Labute approximate surface area is 61.2 Å². The van der Waals surface area contributed by atoms with Gasteiger partial charge in [-0.25, -0.2) is 0 Å². The van der Waals surface area contributed by atoms with E-state index in [0.717, 1.165) is 12.8 Å². The zero-order chi connectivity index (χ0) is 7.40. The van der Waals surface area contributed by atoms with Crippen molar-refractivity contribution in [1.82, 2.24) is 0 Å². The third-order valence-electron chi connectivity index (χ3n) is 2.07. The van der Waals surface area contributed by atoms with Crippen LogP contribution in [-0.2, 0) is 0 Å². The second kappa shape index (κ2) is 3.40. The van der Waals surface area contributed by atoms with Gasteiger partial charge in [-0.3, -0.25) is 0 Å². The van der Waals surface area contributed by atoms with Gasteiger partial charge in [0.15, 0.2) is 0 Å². The molecule has 0 bridgehead atoms. The van der Waals surface area contributed by atoms with Crippen LogP contribution in [0.2, 0.25) is 0 Å². The Bertz CT molecular complexity index is 151. The lowest BCUT2D eigenvalue weighted by atomic mass is 9.85. The van der Waals surface area contributed by atoms with Crippen molar-refractivity contribution < 1.29 is 5.21 Å². The van der Waals surface area contributed by atoms with Crippen LogP contribution >= 0.6 is 0 Å². The smallest absolute Gasteiger partial charge is 0.0472 e. The summed E-state index contributed by atoms with van der Waals surface area (Å²) in [5, 5.41) is 11.3. The van der Waals surface area contributed by atoms with Crippen LogP contribution in [0.25, 0.3) is 0 Å². The molecule has 2 heteroatoms. The Hall–Kier alpha value is -0.790. The largest absolute Gasteiger partial charge is 0.411 e. The van der Waals surface area contributed by atoms with E-state index in [-0.39, 0.29) is 0 Å². The van der Waals surface area contributed by atoms with E-state index < -0.39 is 0 Å². The van der Waals surface area contributed by atoms with E-state index in [4.69, 9.17) is 5.21 Å². The third-order valence-corrected chi connectivity index (χ3v) is 2.07. The van der Waals surface area contributed by atoms with E-state index in [0.29, 0.717) is 11.8 Å². The molecule has 0 saturated carbocycles. The summed E-state index contributed by atoms with van der Waals surface area (Å²) in [5.74, 6) is 1.07. The molecule has 2 unspecified atom stereocenters. The van der Waals surface area contributed by atoms with Crippen molar-refractivity contribution in [3.05, 3.63) is 12.2 Å². The Balaban J connectivity index is 2.50. The summed E-state index contributed by atoms with van der Waals surface area (Å²) in [6, 6.07) is 0. The minimum Gasteiger partial charge on any atom is -0.411 e. The van der Waals surface area contributed by atoms with Crippen molar-refractivity contribution in [1.29, 1.82) is 0 Å². The second-order valence-electron chi connectivity index (χ2n) is 2.85. The van der Waals surface area contributed by atoms with Gasteiger partial charge >= 0.3 is 0 Å². The molecule has 1 rings (SSSR count). The molecule has 10 heavy (non-hydrogen) atoms. The predicted octanol–water partition coefficient (Wildman–Crippen LogP) is 2.05. The average molecular weight is 139 g/mol. The van der Waals surface area contributed by atoms with E-state index >= 15 is 0 Å². The number of hydrogen-bond donors (Lipinski definition) is 1. The Kier molecular flexibility index (Phi) is 2.49. The van der Waals surface area contributed by atoms with Crippen molar-refractivity contribution in [3.63, 3.8) is 0 Å². The molecule has 0 spiro atoms. The number of hydrogen-bond acceptors (Lipinski definition) is 2. The van der Waals surface area contributed by atoms with Crippen LogP contribution in [-0.4, -0.2) is 11.4 Å². The molecular formula is C8H13NO. The zero-order valence-corrected chi connectivity index (χ0v) is 6.20. The molecule has 2 atom stereocenters. The molecule has 0 saturated heterocycles. The van der Waals surface area contributed by atoms with Gasteiger partial charge in [0.25, 0.3) is 0 Å². The maximum absolute atomic E-state index is 8.28. The molecule has 1 N–H and O–H groups in total. The van der Waals surface area contributed by atoms with Gasteiger partial charge in [0, 0.05) is 12.1 Å². The fraction of sp³-hybridized carbons (Fsp3) is 0.625. The zero-order valence-electron chi connectivity index (χ0n) is 6.20. The van der Waals surface area contributed by atoms with Crippen molar-refractivity contribution in [3.8, 4) is 0 Å². The van der Waals surface area contributed by atoms with Crippen LogP contribution in [0.15, 0.2) is 17.3 Å². The molecule has 1 aliphatic rings. The van der Waals surface area contributed by atoms with E-state index in [1.807, 2.05) is 0 Å². The summed E-state index contributed by atoms with van der Waals surface area (Å²) >= 11 is 0. The average Bonchev–Trinajstić information content (AvgIpc) is 1.94. The monoisotopic (exact) mass is 139 g/mol. The van der Waals surface area contributed by atoms with Crippen molar-refractivity contribution in [2.75, 3.05) is 0 Å². The molecule has 0 heterocycles. The highest BCUT2D eigenvalue weighted by atomic mass is 16.4. The SMILES string of the molecule is CC1CC=CCC1/C=N/O. The van der Waals surface area contributed by atoms with E-state index in [2.05, 4.69) is 24.2 Å². The summed E-state index contributed by atoms with van der Waals surface area (Å²) in [6.45, 7) is 2.18. The standard InChI is InChI=1S/C8H13NO/c1-7-4-2-3-5-8(7)6-9-10/h2-3,6-8,10H,4-5H2,1H3/b9-6+. The predicted molar refractivity (Wildman–Crippen MR) is 41.3 cm³/mol. The van der Waals surface area contributed by atoms with Gasteiger partial charge in [0.05, 0.1) is 0 Å². The maximum Gasteiger partial charge on any atom is 0.0472 e. The summed E-state index contributed by atoms with van der Waals surface area (Å²) < 4.78 is 0. The van der Waals surface area contributed by atoms with Gasteiger partial charge in [0.2, 0.25) is 0 Å². The molecule has 0 aromatic rings. The fourth-order valence-electron chi connectivity index (χ4n) is 1.26. The number of rotatable bonds is 1. The first-order chi connectivity index (χ1) is 4.84. The molecule has 0 aromatic carbocycles. The van der Waals surface area contributed by atoms with Gasteiger partial charge in [-0.05, 0) is 18.8 Å². The molecule has 1 aliphatic carbocycles. The fourth-order valence-corrected chi connectivity index (χ4v) is 1.26. The van der Waals surface area contributed by atoms with Crippen LogP contribution in [0, 0.1) is 11.8 Å². The molecular weight excluding hydrogens is 126 g/mol. The maximum atomic E-state index is 8.28. The van der Waals surface area contributed by atoms with Crippen molar-refractivity contribution in [2.24, 2.45) is 17.0 Å². The van der Waals surface area contributed by atoms with Crippen LogP contribution in [0.1, 0.15) is 19.8 Å². The molecule has 0 radical (unpaired) electrons. The van der Waals surface area contributed by atoms with E-state index in [1.54, 1.807) is 6.21 Å². The summed E-state index contributed by atoms with van der Waals surface area (Å²) in [4.78, 5) is 0. The highest BCUT2D eigenvalue weighted by molar-refractivity contribution is 5.60. The van der Waals surface area contributed by atoms with Gasteiger partial charge in [0.1, 0.15) is 0 Å². The topological polar surface area (TPSA) is 32.6 Å². The van der Waals surface area contributed by atoms with Crippen LogP contribution in [0.4, 0.5) is 0 Å². The lowest BCUT2D eigenvalue weighted by Crippen LogP contribution is -2.14. The van der Waals surface area contributed by atoms with Gasteiger partial charge in [-0.15, -0.1) is 5.16 Å². The lowest BCUT2D eigenvalue weighted by molar-refractivity contribution is 0.313. The van der Waals surface area contributed by atoms with Gasteiger partial charge < -0.3 is 5.21 Å². The van der Waals surface area contributed by atoms with Crippen LogP contribution < -0.4 is 0 Å². The molecule has 0 aromatic heterocycles. The highest BCUT2D eigenvalue weighted by Crippen LogP contribution is 2.22. The van der Waals surface area contributed by atoms with Gasteiger partial charge in [-0.2, -0.15) is 0 Å². The quantitative estimate of drug-likeness (QED) is 0.256. The lowest BCUT2D eigenvalue weighted by Gasteiger charge is -2.20. The van der Waals surface area contributed by atoms with Crippen molar-refractivity contribution >= 4 is 6.21 Å². The summed E-state index contributed by atoms with van der Waals surface area (Å²) in [7, 11) is 0. The van der Waals surface area contributed by atoms with E-state index in [1.165, 1.54) is 0 Å². The molecule has 0 amide bonds. The molecule has 56 valence electrons. The minimum atomic E-state index is 0.440. The first-order valence-corrected chi connectivity index (χ1v) is 3.67. The Morgan fingerprint density at radius 2 is 2.20 bits per heavy atom. The second-order valence-corrected chi connectivity index (χ2v) is 2.85. The van der Waals surface area contributed by atoms with Crippen LogP contribution in [0.3, 0.4) is 0 Å². The first kappa shape index (κ1) is 7.32. The summed E-state index contributed by atoms with van der Waals surface area (Å²) in [6.07, 6.45) is 8.09. The van der Waals surface area contributed by atoms with E-state index in [9.17, 15) is 0 Å². The molecule has 0 fully saturated rings. The molecule has 2 nitrogen and oxygen atoms in total. The Morgan fingerprint density at radius 3 is 2.80 bits per heavy atom. The highest BCUT2D eigenvalue weighted by Gasteiger charge is 2.15. The minimum absolute atomic E-state index is 0.440. The number of allylic oxidation sites excluding steroid dienone is 2. The van der Waals surface area contributed by atoms with Crippen molar-refractivity contribution in [2.45, 2.75) is 19.8 Å². The normalized spacial score (nSPS) is 33.3. The molecule has 0 aliphatic heterocycles. The first-order valence-electron chi connectivity index (χ1n) is 3.67. The number of oxime groups is 1. The van der Waals surface area contributed by atoms with Crippen LogP contribution in [0.5, 0.6) is 0 Å². The Morgan fingerprint density at radius 1 is 1.50 bits per heavy atom. The van der Waals surface area contributed by atoms with Gasteiger partial charge in [-0.1, -0.05) is 19.1 Å². The third kappa shape index (κ3) is 1.59. The number of nitrogens with zero attached hydrogens (tertiary/aromatic N) is 1.